The molecule has 0 unspecified atom stereocenters. The number of hydrogen-bond acceptors (Lipinski definition) is 3. The molecule has 5 aromatic heterocycles. The van der Waals surface area contributed by atoms with Crippen LogP contribution >= 0.6 is 0 Å². The quantitative estimate of drug-likeness (QED) is 0.205. The smallest absolute Gasteiger partial charge is 0.140 e. The molecule has 0 radical (unpaired) electrons. The largest absolute Gasteiger partial charge is 0.325 e. The Bertz CT molecular complexity index is 1840. The summed E-state index contributed by atoms with van der Waals surface area (Å²) in [5.74, 6) is -0.228. The van der Waals surface area contributed by atoms with Crippen LogP contribution in [0.3, 0.4) is 0 Å². The Kier molecular flexibility index (Phi) is 6.72. The average Bonchev–Trinajstić information content (AvgIpc) is 3.48. The Morgan fingerprint density at radius 1 is 0.707 bits per heavy atom. The van der Waals surface area contributed by atoms with E-state index in [1.807, 2.05) is 36.8 Å². The second-order valence-electron chi connectivity index (χ2n) is 12.7. The lowest BCUT2D eigenvalue weighted by Gasteiger charge is -2.27. The number of pyridine rings is 3. The maximum absolute atomic E-state index is 14.1. The zero-order chi connectivity index (χ0) is 28.8. The molecule has 0 aliphatic heterocycles. The molecule has 1 aromatic carbocycles. The fraction of sp³-hybridized carbons (Fsp3) is 0.286. The van der Waals surface area contributed by atoms with Crippen molar-refractivity contribution in [2.75, 3.05) is 0 Å². The van der Waals surface area contributed by atoms with Crippen LogP contribution in [0.5, 0.6) is 0 Å². The summed E-state index contributed by atoms with van der Waals surface area (Å²) in [5.41, 5.74) is 7.10. The molecule has 0 spiro atoms. The van der Waals surface area contributed by atoms with Crippen molar-refractivity contribution in [2.24, 2.45) is 0 Å². The van der Waals surface area contributed by atoms with E-state index in [1.165, 1.54) is 11.8 Å². The summed E-state index contributed by atoms with van der Waals surface area (Å²) in [5, 5.41) is 2.22. The Balaban J connectivity index is 1.41. The normalized spacial score (nSPS) is 12.4. The van der Waals surface area contributed by atoms with Crippen LogP contribution in [0, 0.1) is 5.82 Å². The van der Waals surface area contributed by atoms with Gasteiger partial charge in [-0.2, -0.15) is 0 Å². The minimum atomic E-state index is -0.262. The van der Waals surface area contributed by atoms with Crippen molar-refractivity contribution in [3.63, 3.8) is 0 Å². The number of rotatable bonds is 7. The number of hydrogen-bond donors (Lipinski definition) is 0. The zero-order valence-corrected chi connectivity index (χ0v) is 24.4. The highest BCUT2D eigenvalue weighted by molar-refractivity contribution is 5.79. The first kappa shape index (κ1) is 26.9. The number of nitrogens with zero attached hydrogens (tertiary/aromatic N) is 5. The molecule has 0 saturated carbocycles. The molecule has 0 fully saturated rings. The molecule has 0 aliphatic carbocycles. The van der Waals surface area contributed by atoms with Gasteiger partial charge in [0.05, 0.1) is 6.54 Å². The van der Waals surface area contributed by atoms with Gasteiger partial charge in [0.15, 0.2) is 0 Å². The summed E-state index contributed by atoms with van der Waals surface area (Å²) in [6.45, 7) is 12.5. The first-order valence-electron chi connectivity index (χ1n) is 14.2. The standard InChI is InChI=1S/C35H36FN5/c1-34(2,3)30-18-27-13-14-29(39-33(27)40(30)23-25-10-7-15-37-21-25)20-35(4,5)31-19-26-11-8-16-38-32(26)41(31)22-24-9-6-12-28(36)17-24/h6-19,21H,20,22-23H2,1-5H3. The van der Waals surface area contributed by atoms with Crippen LogP contribution in [0.15, 0.2) is 91.4 Å². The molecule has 41 heavy (non-hydrogen) atoms. The van der Waals surface area contributed by atoms with Gasteiger partial charge in [-0.05, 0) is 65.7 Å². The SMILES string of the molecule is CC(C)(C)c1cc2ccc(CC(C)(C)c3cc4cccnc4n3Cc3cccc(F)c3)nc2n1Cc1cccnc1. The van der Waals surface area contributed by atoms with Crippen LogP contribution in [-0.2, 0) is 30.3 Å². The van der Waals surface area contributed by atoms with E-state index in [9.17, 15) is 4.39 Å². The highest BCUT2D eigenvalue weighted by Gasteiger charge is 2.28. The Morgan fingerprint density at radius 3 is 2.17 bits per heavy atom. The molecule has 5 heterocycles. The highest BCUT2D eigenvalue weighted by Crippen LogP contribution is 2.34. The molecule has 6 rings (SSSR count). The van der Waals surface area contributed by atoms with Gasteiger partial charge >= 0.3 is 0 Å². The van der Waals surface area contributed by atoms with E-state index in [0.717, 1.165) is 57.5 Å². The van der Waals surface area contributed by atoms with Crippen molar-refractivity contribution in [3.8, 4) is 0 Å². The molecule has 0 atom stereocenters. The summed E-state index contributed by atoms with van der Waals surface area (Å²) in [6, 6.07) is 23.8. The molecule has 0 saturated heterocycles. The van der Waals surface area contributed by atoms with Gasteiger partial charge in [0.2, 0.25) is 0 Å². The van der Waals surface area contributed by atoms with Crippen LogP contribution in [0.25, 0.3) is 22.1 Å². The maximum atomic E-state index is 14.1. The van der Waals surface area contributed by atoms with E-state index in [2.05, 4.69) is 85.1 Å². The predicted molar refractivity (Wildman–Crippen MR) is 164 cm³/mol. The summed E-state index contributed by atoms with van der Waals surface area (Å²) in [6.07, 6.45) is 6.30. The van der Waals surface area contributed by atoms with Gasteiger partial charge in [-0.15, -0.1) is 0 Å². The number of halogens is 1. The lowest BCUT2D eigenvalue weighted by Crippen LogP contribution is -2.25. The fourth-order valence-electron chi connectivity index (χ4n) is 5.89. The predicted octanol–water partition coefficient (Wildman–Crippen LogP) is 7.83. The van der Waals surface area contributed by atoms with Crippen LogP contribution in [0.2, 0.25) is 0 Å². The molecular formula is C35H36FN5. The monoisotopic (exact) mass is 545 g/mol. The molecule has 5 nitrogen and oxygen atoms in total. The minimum Gasteiger partial charge on any atom is -0.325 e. The van der Waals surface area contributed by atoms with Crippen LogP contribution in [0.4, 0.5) is 4.39 Å². The van der Waals surface area contributed by atoms with Crippen molar-refractivity contribution in [1.29, 1.82) is 0 Å². The first-order valence-corrected chi connectivity index (χ1v) is 14.2. The molecule has 0 aliphatic rings. The van der Waals surface area contributed by atoms with Gasteiger partial charge < -0.3 is 9.13 Å². The van der Waals surface area contributed by atoms with Gasteiger partial charge in [-0.1, -0.05) is 52.8 Å². The molecule has 6 heteroatoms. The van der Waals surface area contributed by atoms with Crippen molar-refractivity contribution in [3.05, 3.63) is 125 Å². The summed E-state index contributed by atoms with van der Waals surface area (Å²) < 4.78 is 18.6. The third-order valence-corrected chi connectivity index (χ3v) is 7.84. The van der Waals surface area contributed by atoms with Gasteiger partial charge in [0, 0.05) is 70.2 Å². The molecule has 208 valence electrons. The first-order chi connectivity index (χ1) is 19.6. The Hall–Kier alpha value is -4.32. The number of benzene rings is 1. The van der Waals surface area contributed by atoms with E-state index >= 15 is 0 Å². The van der Waals surface area contributed by atoms with Gasteiger partial charge in [-0.25, -0.2) is 14.4 Å². The average molecular weight is 546 g/mol. The van der Waals surface area contributed by atoms with Crippen molar-refractivity contribution in [1.82, 2.24) is 24.1 Å². The fourth-order valence-corrected chi connectivity index (χ4v) is 5.89. The van der Waals surface area contributed by atoms with E-state index in [0.29, 0.717) is 6.54 Å². The minimum absolute atomic E-state index is 0.0345. The molecule has 0 amide bonds. The van der Waals surface area contributed by atoms with Gasteiger partial charge in [0.25, 0.3) is 0 Å². The van der Waals surface area contributed by atoms with Crippen molar-refractivity contribution in [2.45, 2.75) is 65.0 Å². The van der Waals surface area contributed by atoms with Crippen molar-refractivity contribution < 1.29 is 4.39 Å². The van der Waals surface area contributed by atoms with E-state index in [4.69, 9.17) is 9.97 Å². The highest BCUT2D eigenvalue weighted by atomic mass is 19.1. The second kappa shape index (κ2) is 10.3. The zero-order valence-electron chi connectivity index (χ0n) is 24.4. The van der Waals surface area contributed by atoms with E-state index < -0.39 is 0 Å². The lowest BCUT2D eigenvalue weighted by molar-refractivity contribution is 0.476. The maximum Gasteiger partial charge on any atom is 0.140 e. The van der Waals surface area contributed by atoms with Crippen LogP contribution < -0.4 is 0 Å². The van der Waals surface area contributed by atoms with E-state index in [-0.39, 0.29) is 16.6 Å². The van der Waals surface area contributed by atoms with Gasteiger partial charge in [-0.3, -0.25) is 4.98 Å². The molecule has 6 aromatic rings. The molecule has 0 N–H and O–H groups in total. The summed E-state index contributed by atoms with van der Waals surface area (Å²) in [7, 11) is 0. The number of fused-ring (bicyclic) bond motifs is 2. The molecule has 0 bridgehead atoms. The van der Waals surface area contributed by atoms with Crippen LogP contribution in [0.1, 0.15) is 62.8 Å². The summed E-state index contributed by atoms with van der Waals surface area (Å²) in [4.78, 5) is 14.3. The number of aromatic nitrogens is 5. The Labute approximate surface area is 240 Å². The van der Waals surface area contributed by atoms with Crippen LogP contribution in [-0.4, -0.2) is 24.1 Å². The topological polar surface area (TPSA) is 48.5 Å². The van der Waals surface area contributed by atoms with E-state index in [1.54, 1.807) is 12.1 Å². The Morgan fingerprint density at radius 2 is 1.41 bits per heavy atom. The lowest BCUT2D eigenvalue weighted by atomic mass is 9.83. The van der Waals surface area contributed by atoms with Gasteiger partial charge in [0.1, 0.15) is 17.1 Å². The molecular weight excluding hydrogens is 509 g/mol. The second-order valence-corrected chi connectivity index (χ2v) is 12.7. The third-order valence-electron chi connectivity index (χ3n) is 7.84. The third kappa shape index (κ3) is 5.39. The summed E-state index contributed by atoms with van der Waals surface area (Å²) >= 11 is 0. The van der Waals surface area contributed by atoms with Crippen molar-refractivity contribution >= 4 is 22.1 Å².